The smallest absolute Gasteiger partial charge is 0.346 e. The third-order valence-electron chi connectivity index (χ3n) is 4.66. The maximum atomic E-state index is 12.8. The second-order valence-electron chi connectivity index (χ2n) is 6.53. The molecular weight excluding hydrogens is 382 g/mol. The molecule has 0 unspecified atom stereocenters. The highest BCUT2D eigenvalue weighted by Crippen LogP contribution is 2.35. The molecule has 0 radical (unpaired) electrons. The molecule has 0 saturated carbocycles. The van der Waals surface area contributed by atoms with Crippen molar-refractivity contribution in [3.8, 4) is 22.6 Å². The van der Waals surface area contributed by atoms with Crippen molar-refractivity contribution < 1.29 is 18.3 Å². The molecule has 0 spiro atoms. The van der Waals surface area contributed by atoms with Gasteiger partial charge in [-0.1, -0.05) is 30.3 Å². The summed E-state index contributed by atoms with van der Waals surface area (Å²) in [4.78, 5) is 12.4. The van der Waals surface area contributed by atoms with Gasteiger partial charge >= 0.3 is 5.69 Å². The number of hydrogen-bond donors (Lipinski definition) is 1. The number of aromatic nitrogens is 3. The summed E-state index contributed by atoms with van der Waals surface area (Å²) < 4.78 is 38.6. The van der Waals surface area contributed by atoms with Crippen LogP contribution in [0.4, 0.5) is 8.78 Å². The van der Waals surface area contributed by atoms with Crippen LogP contribution in [-0.4, -0.2) is 27.7 Å². The van der Waals surface area contributed by atoms with Crippen LogP contribution in [0.25, 0.3) is 11.1 Å². The zero-order valence-electron chi connectivity index (χ0n) is 15.3. The molecule has 0 amide bonds. The van der Waals surface area contributed by atoms with Gasteiger partial charge in [0.1, 0.15) is 6.33 Å². The van der Waals surface area contributed by atoms with Gasteiger partial charge in [-0.25, -0.2) is 9.48 Å². The van der Waals surface area contributed by atoms with E-state index in [1.165, 1.54) is 10.9 Å². The fourth-order valence-corrected chi connectivity index (χ4v) is 3.05. The zero-order valence-corrected chi connectivity index (χ0v) is 15.3. The number of halogens is 2. The molecule has 0 atom stereocenters. The zero-order chi connectivity index (χ0) is 20.4. The predicted octanol–water partition coefficient (Wildman–Crippen LogP) is 2.60. The highest BCUT2D eigenvalue weighted by atomic mass is 19.3. The summed E-state index contributed by atoms with van der Waals surface area (Å²) in [7, 11) is 0. The van der Waals surface area contributed by atoms with Crippen molar-refractivity contribution in [1.29, 1.82) is 0 Å². The molecule has 0 saturated heterocycles. The van der Waals surface area contributed by atoms with Crippen molar-refractivity contribution >= 4 is 0 Å². The number of hydrogen-bond acceptors (Lipinski definition) is 5. The average molecular weight is 400 g/mol. The van der Waals surface area contributed by atoms with Crippen LogP contribution >= 0.6 is 0 Å². The molecule has 2 N–H and O–H groups in total. The summed E-state index contributed by atoms with van der Waals surface area (Å²) in [6.07, 6.45) is -0.550. The third kappa shape index (κ3) is 3.90. The number of rotatable bonds is 6. The van der Waals surface area contributed by atoms with Crippen molar-refractivity contribution in [2.45, 2.75) is 13.1 Å². The molecule has 0 bridgehead atoms. The Kier molecular flexibility index (Phi) is 5.13. The van der Waals surface area contributed by atoms with Crippen LogP contribution in [-0.2, 0) is 13.1 Å². The van der Waals surface area contributed by atoms with Crippen LogP contribution in [0.5, 0.6) is 11.5 Å². The average Bonchev–Trinajstić information content (AvgIpc) is 3.33. The summed E-state index contributed by atoms with van der Waals surface area (Å²) in [6, 6.07) is 13.4. The van der Waals surface area contributed by atoms with E-state index >= 15 is 0 Å². The van der Waals surface area contributed by atoms with Crippen LogP contribution in [0, 0.1) is 0 Å². The molecule has 0 fully saturated rings. The summed E-state index contributed by atoms with van der Waals surface area (Å²) in [5.74, 6) is 1.43. The normalized spacial score (nSPS) is 12.2. The first-order valence-corrected chi connectivity index (χ1v) is 8.89. The molecule has 2 heterocycles. The molecule has 150 valence electrons. The number of nitrogens with zero attached hydrogens (tertiary/aromatic N) is 3. The van der Waals surface area contributed by atoms with E-state index in [9.17, 15) is 13.6 Å². The van der Waals surface area contributed by atoms with Gasteiger partial charge in [-0.15, -0.1) is 0 Å². The lowest BCUT2D eigenvalue weighted by Gasteiger charge is -2.06. The molecule has 1 aliphatic rings. The fourth-order valence-electron chi connectivity index (χ4n) is 3.05. The monoisotopic (exact) mass is 400 g/mol. The molecule has 1 aromatic heterocycles. The van der Waals surface area contributed by atoms with Crippen LogP contribution in [0.1, 0.15) is 5.56 Å². The largest absolute Gasteiger partial charge is 0.454 e. The first-order chi connectivity index (χ1) is 14.0. The van der Waals surface area contributed by atoms with E-state index in [0.29, 0.717) is 5.75 Å². The maximum Gasteiger partial charge on any atom is 0.346 e. The second-order valence-corrected chi connectivity index (χ2v) is 6.53. The Morgan fingerprint density at radius 2 is 1.79 bits per heavy atom. The highest BCUT2D eigenvalue weighted by molar-refractivity contribution is 5.67. The van der Waals surface area contributed by atoms with Crippen molar-refractivity contribution in [3.63, 3.8) is 0 Å². The van der Waals surface area contributed by atoms with Gasteiger partial charge in [0.2, 0.25) is 6.79 Å². The lowest BCUT2D eigenvalue weighted by Crippen LogP contribution is -2.27. The molecule has 29 heavy (non-hydrogen) atoms. The first-order valence-electron chi connectivity index (χ1n) is 8.89. The molecule has 7 nitrogen and oxygen atoms in total. The molecular formula is C20H18F2N4O3. The van der Waals surface area contributed by atoms with E-state index in [1.54, 1.807) is 0 Å². The molecule has 4 rings (SSSR count). The van der Waals surface area contributed by atoms with E-state index in [1.807, 2.05) is 42.5 Å². The Bertz CT molecular complexity index is 1120. The second kappa shape index (κ2) is 7.88. The summed E-state index contributed by atoms with van der Waals surface area (Å²) >= 11 is 0. The van der Waals surface area contributed by atoms with Gasteiger partial charge in [-0.2, -0.15) is 13.9 Å². The number of benzene rings is 2. The van der Waals surface area contributed by atoms with Crippen LogP contribution in [0.3, 0.4) is 0 Å². The molecule has 2 aromatic carbocycles. The molecule has 0 aliphatic carbocycles. The van der Waals surface area contributed by atoms with Crippen molar-refractivity contribution in [1.82, 2.24) is 14.3 Å². The van der Waals surface area contributed by atoms with Gasteiger partial charge in [-0.05, 0) is 28.8 Å². The van der Waals surface area contributed by atoms with Gasteiger partial charge in [0.05, 0.1) is 13.1 Å². The fraction of sp³-hybridized carbons (Fsp3) is 0.200. The Hall–Kier alpha value is -3.46. The predicted molar refractivity (Wildman–Crippen MR) is 102 cm³/mol. The minimum absolute atomic E-state index is 0.223. The lowest BCUT2D eigenvalue weighted by atomic mass is 10.0. The Morgan fingerprint density at radius 3 is 2.52 bits per heavy atom. The Balaban J connectivity index is 1.50. The molecule has 1 aliphatic heterocycles. The topological polar surface area (TPSA) is 84.3 Å². The van der Waals surface area contributed by atoms with Gasteiger partial charge in [0.25, 0.3) is 6.08 Å². The third-order valence-corrected chi connectivity index (χ3v) is 4.66. The van der Waals surface area contributed by atoms with Gasteiger partial charge in [0.15, 0.2) is 11.5 Å². The maximum absolute atomic E-state index is 12.8. The molecule has 9 heteroatoms. The highest BCUT2D eigenvalue weighted by Gasteiger charge is 2.14. The minimum atomic E-state index is -1.88. The Morgan fingerprint density at radius 1 is 1.07 bits per heavy atom. The standard InChI is InChI=1S/C20H18F2N4O3/c21-19(22)16(8-23)10-26-20(27)25(11-24-26)9-13-1-3-14(4-2-13)15-5-6-17-18(7-15)29-12-28-17/h1-7,11H,8-10,12,23H2. The van der Waals surface area contributed by atoms with Crippen molar-refractivity contribution in [3.05, 3.63) is 76.5 Å². The summed E-state index contributed by atoms with van der Waals surface area (Å²) in [6.45, 7) is -0.155. The summed E-state index contributed by atoms with van der Waals surface area (Å²) in [5.41, 5.74) is 7.36. The van der Waals surface area contributed by atoms with Crippen LogP contribution in [0.15, 0.2) is 65.2 Å². The number of ether oxygens (including phenoxy) is 2. The number of fused-ring (bicyclic) bond motifs is 1. The minimum Gasteiger partial charge on any atom is -0.454 e. The van der Waals surface area contributed by atoms with Crippen LogP contribution in [0.2, 0.25) is 0 Å². The van der Waals surface area contributed by atoms with E-state index in [2.05, 4.69) is 5.10 Å². The van der Waals surface area contributed by atoms with Gasteiger partial charge in [0, 0.05) is 12.1 Å². The lowest BCUT2D eigenvalue weighted by molar-refractivity contribution is 0.174. The van der Waals surface area contributed by atoms with E-state index in [-0.39, 0.29) is 32.0 Å². The van der Waals surface area contributed by atoms with Crippen molar-refractivity contribution in [2.24, 2.45) is 5.73 Å². The Labute approximate surface area is 164 Å². The van der Waals surface area contributed by atoms with E-state index in [4.69, 9.17) is 15.2 Å². The quantitative estimate of drug-likeness (QED) is 0.688. The number of nitrogens with two attached hydrogens (primary N) is 1. The van der Waals surface area contributed by atoms with Gasteiger partial charge in [-0.3, -0.25) is 4.57 Å². The van der Waals surface area contributed by atoms with E-state index < -0.39 is 11.8 Å². The summed E-state index contributed by atoms with van der Waals surface area (Å²) in [5, 5.41) is 3.90. The molecule has 3 aromatic rings. The first kappa shape index (κ1) is 18.9. The van der Waals surface area contributed by atoms with Crippen molar-refractivity contribution in [2.75, 3.05) is 13.3 Å². The SMILES string of the molecule is NCC(Cn1ncn(Cc2ccc(-c3ccc4c(c3)OCO4)cc2)c1=O)=C(F)F. The van der Waals surface area contributed by atoms with Gasteiger partial charge < -0.3 is 15.2 Å². The van der Waals surface area contributed by atoms with E-state index in [0.717, 1.165) is 27.1 Å². The van der Waals surface area contributed by atoms with Crippen LogP contribution < -0.4 is 20.9 Å².